The predicted octanol–water partition coefficient (Wildman–Crippen LogP) is 4.54. The maximum Gasteiger partial charge on any atom is 0.346 e. The van der Waals surface area contributed by atoms with Gasteiger partial charge in [0.05, 0.1) is 12.7 Å². The number of hydrogen-bond acceptors (Lipinski definition) is 5. The summed E-state index contributed by atoms with van der Waals surface area (Å²) in [5, 5.41) is 0. The first-order chi connectivity index (χ1) is 13.2. The molecule has 146 valence electrons. The van der Waals surface area contributed by atoms with Gasteiger partial charge in [-0.25, -0.2) is 4.79 Å². The molecule has 3 rings (SSSR count). The highest BCUT2D eigenvalue weighted by Gasteiger charge is 2.28. The Bertz CT molecular complexity index is 932. The van der Waals surface area contributed by atoms with Crippen LogP contribution in [-0.4, -0.2) is 25.0 Å². The number of hydrogen-bond donors (Lipinski definition) is 0. The van der Waals surface area contributed by atoms with Crippen molar-refractivity contribution in [2.75, 3.05) is 7.11 Å². The maximum atomic E-state index is 12.6. The normalized spacial score (nSPS) is 15.8. The van der Waals surface area contributed by atoms with E-state index in [1.165, 1.54) is 12.7 Å². The molecule has 0 aromatic heterocycles. The van der Waals surface area contributed by atoms with Crippen molar-refractivity contribution in [1.29, 1.82) is 0 Å². The van der Waals surface area contributed by atoms with Crippen LogP contribution in [-0.2, 0) is 14.9 Å². The second-order valence-corrected chi connectivity index (χ2v) is 7.75. The molecule has 28 heavy (non-hydrogen) atoms. The molecule has 0 fully saturated rings. The first-order valence-corrected chi connectivity index (χ1v) is 9.12. The van der Waals surface area contributed by atoms with Gasteiger partial charge in [-0.2, -0.15) is 0 Å². The lowest BCUT2D eigenvalue weighted by molar-refractivity contribution is -0.147. The lowest BCUT2D eigenvalue weighted by Gasteiger charge is -2.18. The van der Waals surface area contributed by atoms with Crippen LogP contribution in [0.25, 0.3) is 6.08 Å². The van der Waals surface area contributed by atoms with E-state index in [9.17, 15) is 9.59 Å². The monoisotopic (exact) mass is 380 g/mol. The summed E-state index contributed by atoms with van der Waals surface area (Å²) in [6.07, 6.45) is 0.975. The van der Waals surface area contributed by atoms with Crippen LogP contribution in [0.5, 0.6) is 11.5 Å². The number of ether oxygens (including phenoxy) is 3. The van der Waals surface area contributed by atoms with Crippen molar-refractivity contribution in [3.8, 4) is 11.5 Å². The lowest BCUT2D eigenvalue weighted by atomic mass is 9.86. The van der Waals surface area contributed by atoms with Gasteiger partial charge in [0, 0.05) is 6.07 Å². The van der Waals surface area contributed by atoms with Crippen LogP contribution in [0, 0.1) is 0 Å². The summed E-state index contributed by atoms with van der Waals surface area (Å²) < 4.78 is 15.9. The highest BCUT2D eigenvalue weighted by Crippen LogP contribution is 2.35. The van der Waals surface area contributed by atoms with E-state index in [1.807, 2.05) is 12.1 Å². The minimum Gasteiger partial charge on any atom is -0.479 e. The standard InChI is InChI=1S/C23H24O5/c1-14(22(25)26-5)27-17-10-11-18-19(13-17)28-20(21(18)24)12-15-6-8-16(9-7-15)23(2,3)4/h6-14H,1-5H3. The quantitative estimate of drug-likeness (QED) is 0.576. The van der Waals surface area contributed by atoms with Crippen LogP contribution in [0.4, 0.5) is 0 Å². The molecule has 2 aromatic rings. The van der Waals surface area contributed by atoms with E-state index in [0.29, 0.717) is 17.1 Å². The summed E-state index contributed by atoms with van der Waals surface area (Å²) in [4.78, 5) is 24.1. The number of Topliss-reactive ketones (excluding diaryl/α,β-unsaturated/α-hetero) is 1. The average molecular weight is 380 g/mol. The van der Waals surface area contributed by atoms with E-state index in [4.69, 9.17) is 9.47 Å². The summed E-state index contributed by atoms with van der Waals surface area (Å²) in [7, 11) is 1.30. The number of fused-ring (bicyclic) bond motifs is 1. The Hall–Kier alpha value is -3.08. The first-order valence-electron chi connectivity index (χ1n) is 9.12. The maximum absolute atomic E-state index is 12.6. The van der Waals surface area contributed by atoms with Crippen molar-refractivity contribution in [1.82, 2.24) is 0 Å². The number of carbonyl (C=O) groups is 2. The fourth-order valence-corrected chi connectivity index (χ4v) is 2.89. The fraction of sp³-hybridized carbons (Fsp3) is 0.304. The topological polar surface area (TPSA) is 61.8 Å². The first kappa shape index (κ1) is 19.7. The number of ketones is 1. The molecule has 1 aliphatic rings. The number of rotatable bonds is 4. The number of esters is 1. The van der Waals surface area contributed by atoms with E-state index in [2.05, 4.69) is 37.6 Å². The van der Waals surface area contributed by atoms with Crippen molar-refractivity contribution in [2.45, 2.75) is 39.2 Å². The molecular weight excluding hydrogens is 356 g/mol. The third-order valence-corrected chi connectivity index (χ3v) is 4.56. The smallest absolute Gasteiger partial charge is 0.346 e. The second kappa shape index (κ2) is 7.50. The van der Waals surface area contributed by atoms with Crippen molar-refractivity contribution in [3.05, 3.63) is 64.9 Å². The molecule has 0 N–H and O–H groups in total. The van der Waals surface area contributed by atoms with Crippen molar-refractivity contribution in [3.63, 3.8) is 0 Å². The Balaban J connectivity index is 1.79. The Kier molecular flexibility index (Phi) is 5.27. The third-order valence-electron chi connectivity index (χ3n) is 4.56. The van der Waals surface area contributed by atoms with Crippen molar-refractivity contribution >= 4 is 17.8 Å². The minimum absolute atomic E-state index is 0.0688. The molecule has 0 saturated carbocycles. The molecule has 0 bridgehead atoms. The zero-order chi connectivity index (χ0) is 20.5. The number of methoxy groups -OCH3 is 1. The zero-order valence-corrected chi connectivity index (χ0v) is 16.7. The molecule has 1 aliphatic heterocycles. The zero-order valence-electron chi connectivity index (χ0n) is 16.7. The van der Waals surface area contributed by atoms with Gasteiger partial charge in [-0.05, 0) is 41.7 Å². The van der Waals surface area contributed by atoms with Gasteiger partial charge in [0.1, 0.15) is 11.5 Å². The molecular formula is C23H24O5. The molecule has 1 unspecified atom stereocenters. The Labute approximate surface area is 164 Å². The number of carbonyl (C=O) groups excluding carboxylic acids is 2. The van der Waals surface area contributed by atoms with Gasteiger partial charge in [0.2, 0.25) is 5.78 Å². The summed E-state index contributed by atoms with van der Waals surface area (Å²) in [5.74, 6) is 0.452. The molecule has 0 amide bonds. The molecule has 1 heterocycles. The van der Waals surface area contributed by atoms with Crippen LogP contribution >= 0.6 is 0 Å². The van der Waals surface area contributed by atoms with Crippen LogP contribution in [0.1, 0.15) is 49.2 Å². The van der Waals surface area contributed by atoms with Crippen molar-refractivity contribution < 1.29 is 23.8 Å². The van der Waals surface area contributed by atoms with Gasteiger partial charge < -0.3 is 14.2 Å². The number of benzene rings is 2. The molecule has 0 saturated heterocycles. The largest absolute Gasteiger partial charge is 0.479 e. The predicted molar refractivity (Wildman–Crippen MR) is 107 cm³/mol. The van der Waals surface area contributed by atoms with Crippen LogP contribution < -0.4 is 9.47 Å². The summed E-state index contributed by atoms with van der Waals surface area (Å²) in [6, 6.07) is 12.9. The Morgan fingerprint density at radius 3 is 2.39 bits per heavy atom. The van der Waals surface area contributed by atoms with E-state index in [1.54, 1.807) is 31.2 Å². The average Bonchev–Trinajstić information content (AvgIpc) is 2.95. The van der Waals surface area contributed by atoms with E-state index < -0.39 is 12.1 Å². The summed E-state index contributed by atoms with van der Waals surface area (Å²) >= 11 is 0. The van der Waals surface area contributed by atoms with E-state index in [-0.39, 0.29) is 17.0 Å². The summed E-state index contributed by atoms with van der Waals surface area (Å²) in [6.45, 7) is 8.06. The summed E-state index contributed by atoms with van der Waals surface area (Å²) in [5.41, 5.74) is 2.65. The second-order valence-electron chi connectivity index (χ2n) is 7.75. The van der Waals surface area contributed by atoms with E-state index in [0.717, 1.165) is 5.56 Å². The Morgan fingerprint density at radius 2 is 1.79 bits per heavy atom. The highest BCUT2D eigenvalue weighted by molar-refractivity contribution is 6.14. The minimum atomic E-state index is -0.753. The third kappa shape index (κ3) is 4.09. The molecule has 2 aromatic carbocycles. The fourth-order valence-electron chi connectivity index (χ4n) is 2.89. The van der Waals surface area contributed by atoms with Crippen LogP contribution in [0.3, 0.4) is 0 Å². The van der Waals surface area contributed by atoms with Crippen LogP contribution in [0.2, 0.25) is 0 Å². The van der Waals surface area contributed by atoms with Gasteiger partial charge in [-0.15, -0.1) is 0 Å². The van der Waals surface area contributed by atoms with Gasteiger partial charge in [-0.1, -0.05) is 45.0 Å². The molecule has 1 atom stereocenters. The van der Waals surface area contributed by atoms with E-state index >= 15 is 0 Å². The SMILES string of the molecule is COC(=O)C(C)Oc1ccc2c(c1)OC(=Cc1ccc(C(C)(C)C)cc1)C2=O. The molecule has 5 heteroatoms. The van der Waals surface area contributed by atoms with Crippen LogP contribution in [0.15, 0.2) is 48.2 Å². The van der Waals surface area contributed by atoms with Gasteiger partial charge in [0.15, 0.2) is 11.9 Å². The number of allylic oxidation sites excluding steroid dienone is 1. The Morgan fingerprint density at radius 1 is 1.11 bits per heavy atom. The van der Waals surface area contributed by atoms with Gasteiger partial charge in [-0.3, -0.25) is 4.79 Å². The highest BCUT2D eigenvalue weighted by atomic mass is 16.6. The van der Waals surface area contributed by atoms with Gasteiger partial charge >= 0.3 is 5.97 Å². The van der Waals surface area contributed by atoms with Crippen molar-refractivity contribution in [2.24, 2.45) is 0 Å². The van der Waals surface area contributed by atoms with Gasteiger partial charge in [0.25, 0.3) is 0 Å². The molecule has 0 spiro atoms. The lowest BCUT2D eigenvalue weighted by Crippen LogP contribution is -2.24. The molecule has 0 aliphatic carbocycles. The molecule has 0 radical (unpaired) electrons. The molecule has 5 nitrogen and oxygen atoms in total.